The summed E-state index contributed by atoms with van der Waals surface area (Å²) in [7, 11) is 2.12. The van der Waals surface area contributed by atoms with Crippen LogP contribution < -0.4 is 0 Å². The molecule has 1 N–H and O–H groups in total. The van der Waals surface area contributed by atoms with Crippen molar-refractivity contribution >= 4 is 23.4 Å². The van der Waals surface area contributed by atoms with Gasteiger partial charge in [-0.3, -0.25) is 14.5 Å². The maximum atomic E-state index is 14.8. The molecule has 1 aliphatic carbocycles. The van der Waals surface area contributed by atoms with Crippen molar-refractivity contribution in [2.45, 2.75) is 45.4 Å². The number of carboxylic acids is 1. The Kier molecular flexibility index (Phi) is 8.72. The third-order valence-electron chi connectivity index (χ3n) is 11.2. The molecule has 244 valence electrons. The van der Waals surface area contributed by atoms with Crippen LogP contribution in [-0.4, -0.2) is 108 Å². The highest BCUT2D eigenvalue weighted by molar-refractivity contribution is 5.90. The molecule has 0 unspecified atom stereocenters. The predicted octanol–water partition coefficient (Wildman–Crippen LogP) is 4.78. The maximum absolute atomic E-state index is 14.8. The van der Waals surface area contributed by atoms with Crippen LogP contribution >= 0.6 is 0 Å². The zero-order valence-electron chi connectivity index (χ0n) is 27.8. The monoisotopic (exact) mass is 624 g/mol. The number of carboxylic acid groups (broad SMARTS) is 1. The van der Waals surface area contributed by atoms with Crippen molar-refractivity contribution in [3.05, 3.63) is 89.0 Å². The quantitative estimate of drug-likeness (QED) is 0.466. The Bertz CT molecular complexity index is 1530. The SMILES string of the molecule is CN1CCN(CC(=O)N2CCC(C(=O)N3CC=C4C(C)(C)C(c5ccc(C(=O)O)cc5)=CC[C@]4(C)C3)(c3ccccc3)CC2)CC1. The summed E-state index contributed by atoms with van der Waals surface area (Å²) in [6.07, 6.45) is 6.60. The molecule has 2 aromatic carbocycles. The number of likely N-dealkylation sites (N-methyl/N-ethyl adjacent to an activating group) is 1. The van der Waals surface area contributed by atoms with Crippen LogP contribution in [-0.2, 0) is 15.0 Å². The van der Waals surface area contributed by atoms with E-state index in [1.54, 1.807) is 12.1 Å². The lowest BCUT2D eigenvalue weighted by Gasteiger charge is -2.52. The van der Waals surface area contributed by atoms with Crippen molar-refractivity contribution < 1.29 is 19.5 Å². The van der Waals surface area contributed by atoms with Crippen molar-refractivity contribution in [2.75, 3.05) is 66.0 Å². The molecule has 0 saturated carbocycles. The van der Waals surface area contributed by atoms with Gasteiger partial charge in [0.05, 0.1) is 17.5 Å². The first-order valence-corrected chi connectivity index (χ1v) is 16.7. The molecular weight excluding hydrogens is 576 g/mol. The highest BCUT2D eigenvalue weighted by Gasteiger charge is 2.51. The molecule has 46 heavy (non-hydrogen) atoms. The fourth-order valence-corrected chi connectivity index (χ4v) is 8.48. The Balaban J connectivity index is 1.20. The van der Waals surface area contributed by atoms with E-state index in [1.807, 2.05) is 35.2 Å². The number of likely N-dealkylation sites (tertiary alicyclic amines) is 1. The van der Waals surface area contributed by atoms with Gasteiger partial charge in [0.25, 0.3) is 0 Å². The van der Waals surface area contributed by atoms with Gasteiger partial charge in [-0.2, -0.15) is 0 Å². The Morgan fingerprint density at radius 2 is 1.46 bits per heavy atom. The third kappa shape index (κ3) is 5.93. The lowest BCUT2D eigenvalue weighted by Crippen LogP contribution is -2.58. The third-order valence-corrected chi connectivity index (χ3v) is 11.2. The van der Waals surface area contributed by atoms with Gasteiger partial charge in [0.15, 0.2) is 0 Å². The summed E-state index contributed by atoms with van der Waals surface area (Å²) < 4.78 is 0. The van der Waals surface area contributed by atoms with E-state index in [0.29, 0.717) is 45.6 Å². The van der Waals surface area contributed by atoms with Crippen LogP contribution in [0.25, 0.3) is 5.57 Å². The van der Waals surface area contributed by atoms with Gasteiger partial charge in [-0.1, -0.05) is 81.0 Å². The Labute approximate surface area is 273 Å². The molecule has 6 rings (SSSR count). The number of rotatable bonds is 6. The van der Waals surface area contributed by atoms with E-state index in [2.05, 4.69) is 66.8 Å². The van der Waals surface area contributed by atoms with Crippen molar-refractivity contribution in [2.24, 2.45) is 10.8 Å². The van der Waals surface area contributed by atoms with Crippen molar-refractivity contribution in [1.29, 1.82) is 0 Å². The number of aromatic carboxylic acids is 1. The van der Waals surface area contributed by atoms with Gasteiger partial charge < -0.3 is 19.8 Å². The summed E-state index contributed by atoms with van der Waals surface area (Å²) in [6, 6.07) is 17.4. The largest absolute Gasteiger partial charge is 0.478 e. The molecule has 0 spiro atoms. The fraction of sp³-hybridized carbons (Fsp3) is 0.500. The van der Waals surface area contributed by atoms with Gasteiger partial charge in [0.2, 0.25) is 11.8 Å². The second-order valence-corrected chi connectivity index (χ2v) is 14.6. The summed E-state index contributed by atoms with van der Waals surface area (Å²) in [5.41, 5.74) is 3.76. The van der Waals surface area contributed by atoms with Crippen molar-refractivity contribution in [3.8, 4) is 0 Å². The smallest absolute Gasteiger partial charge is 0.335 e. The highest BCUT2D eigenvalue weighted by Crippen LogP contribution is 2.55. The van der Waals surface area contributed by atoms with Crippen LogP contribution in [0.1, 0.15) is 61.5 Å². The molecule has 2 aromatic rings. The lowest BCUT2D eigenvalue weighted by molar-refractivity contribution is -0.144. The van der Waals surface area contributed by atoms with Crippen LogP contribution in [0.2, 0.25) is 0 Å². The van der Waals surface area contributed by atoms with Gasteiger partial charge in [0.1, 0.15) is 0 Å². The van der Waals surface area contributed by atoms with E-state index >= 15 is 0 Å². The molecule has 8 heteroatoms. The molecule has 3 aliphatic heterocycles. The van der Waals surface area contributed by atoms with E-state index in [-0.39, 0.29) is 28.2 Å². The number of amides is 2. The molecule has 8 nitrogen and oxygen atoms in total. The number of nitrogens with zero attached hydrogens (tertiary/aromatic N) is 4. The number of fused-ring (bicyclic) bond motifs is 1. The van der Waals surface area contributed by atoms with Gasteiger partial charge >= 0.3 is 5.97 Å². The van der Waals surface area contributed by atoms with Gasteiger partial charge in [0, 0.05) is 63.2 Å². The number of benzene rings is 2. The predicted molar refractivity (Wildman–Crippen MR) is 180 cm³/mol. The second kappa shape index (κ2) is 12.5. The van der Waals surface area contributed by atoms with Crippen LogP contribution in [0.3, 0.4) is 0 Å². The lowest BCUT2D eigenvalue weighted by atomic mass is 9.58. The van der Waals surface area contributed by atoms with E-state index in [9.17, 15) is 19.5 Å². The molecule has 2 amide bonds. The first-order chi connectivity index (χ1) is 21.9. The number of carbonyl (C=O) groups excluding carboxylic acids is 2. The molecule has 0 aromatic heterocycles. The second-order valence-electron chi connectivity index (χ2n) is 14.6. The zero-order chi connectivity index (χ0) is 32.7. The van der Waals surface area contributed by atoms with E-state index in [4.69, 9.17) is 0 Å². The minimum Gasteiger partial charge on any atom is -0.478 e. The van der Waals surface area contributed by atoms with Crippen LogP contribution in [0.5, 0.6) is 0 Å². The van der Waals surface area contributed by atoms with Crippen molar-refractivity contribution in [1.82, 2.24) is 19.6 Å². The minimum atomic E-state index is -0.924. The van der Waals surface area contributed by atoms with Crippen LogP contribution in [0.15, 0.2) is 72.3 Å². The molecule has 2 fully saturated rings. The Morgan fingerprint density at radius 1 is 0.804 bits per heavy atom. The average Bonchev–Trinajstić information content (AvgIpc) is 3.05. The normalized spacial score (nSPS) is 24.9. The average molecular weight is 625 g/mol. The summed E-state index contributed by atoms with van der Waals surface area (Å²) in [6.45, 7) is 13.4. The number of piperidine rings is 1. The molecule has 0 bridgehead atoms. The fourth-order valence-electron chi connectivity index (χ4n) is 8.48. The molecule has 2 saturated heterocycles. The highest BCUT2D eigenvalue weighted by atomic mass is 16.4. The Hall–Kier alpha value is -3.75. The first kappa shape index (κ1) is 32.2. The number of hydrogen-bond acceptors (Lipinski definition) is 5. The van der Waals surface area contributed by atoms with E-state index in [0.717, 1.165) is 43.7 Å². The van der Waals surface area contributed by atoms with Crippen molar-refractivity contribution in [3.63, 3.8) is 0 Å². The molecule has 0 radical (unpaired) electrons. The first-order valence-electron chi connectivity index (χ1n) is 16.7. The number of piperazine rings is 1. The molecular formula is C38H48N4O4. The minimum absolute atomic E-state index is 0.165. The van der Waals surface area contributed by atoms with E-state index < -0.39 is 11.4 Å². The van der Waals surface area contributed by atoms with E-state index in [1.165, 1.54) is 11.1 Å². The summed E-state index contributed by atoms with van der Waals surface area (Å²) in [4.78, 5) is 48.1. The standard InChI is InChI=1S/C38H48N4O4/c1-36(2)31(28-10-12-29(13-11-28)34(44)45)14-16-37(3)27-42(19-15-32(36)37)35(46)38(30-8-6-5-7-9-30)17-20-41(21-18-38)33(43)26-40-24-22-39(4)23-25-40/h5-15H,16-27H2,1-4H3,(H,44,45)/t37-/m1/s1. The molecule has 4 aliphatic rings. The van der Waals surface area contributed by atoms with Crippen LogP contribution in [0, 0.1) is 10.8 Å². The topological polar surface area (TPSA) is 84.4 Å². The maximum Gasteiger partial charge on any atom is 0.335 e. The summed E-state index contributed by atoms with van der Waals surface area (Å²) >= 11 is 0. The molecule has 1 atom stereocenters. The van der Waals surface area contributed by atoms with Gasteiger partial charge in [-0.15, -0.1) is 0 Å². The zero-order valence-corrected chi connectivity index (χ0v) is 27.8. The number of carbonyl (C=O) groups is 3. The summed E-state index contributed by atoms with van der Waals surface area (Å²) in [5.74, 6) is -0.591. The summed E-state index contributed by atoms with van der Waals surface area (Å²) in [5, 5.41) is 9.36. The van der Waals surface area contributed by atoms with Gasteiger partial charge in [-0.25, -0.2) is 4.79 Å². The van der Waals surface area contributed by atoms with Gasteiger partial charge in [-0.05, 0) is 55.1 Å². The number of hydrogen-bond donors (Lipinski definition) is 1. The Morgan fingerprint density at radius 3 is 2.09 bits per heavy atom. The number of allylic oxidation sites excluding steroid dienone is 2. The molecule has 3 heterocycles. The van der Waals surface area contributed by atoms with Crippen LogP contribution in [0.4, 0.5) is 0 Å².